The van der Waals surface area contributed by atoms with E-state index in [0.717, 1.165) is 37.3 Å². The summed E-state index contributed by atoms with van der Waals surface area (Å²) in [5.41, 5.74) is 2.99. The van der Waals surface area contributed by atoms with Gasteiger partial charge in [0.25, 0.3) is 11.5 Å². The Morgan fingerprint density at radius 1 is 1.15 bits per heavy atom. The number of carbonyl (C=O) groups is 1. The average Bonchev–Trinajstić information content (AvgIpc) is 2.84. The van der Waals surface area contributed by atoms with Crippen LogP contribution < -0.4 is 15.8 Å². The Balaban J connectivity index is 1.66. The number of terminal acetylenes is 1. The molecule has 0 aliphatic heterocycles. The van der Waals surface area contributed by atoms with E-state index in [1.54, 1.807) is 6.92 Å². The predicted octanol–water partition coefficient (Wildman–Crippen LogP) is 3.33. The molecule has 1 amide bonds. The maximum absolute atomic E-state index is 12.5. The Bertz CT molecular complexity index is 1210. The van der Waals surface area contributed by atoms with Gasteiger partial charge in [0.15, 0.2) is 0 Å². The molecule has 7 heteroatoms. The van der Waals surface area contributed by atoms with Crippen LogP contribution in [0.25, 0.3) is 10.9 Å². The van der Waals surface area contributed by atoms with Gasteiger partial charge in [-0.25, -0.2) is 4.98 Å². The molecule has 0 spiro atoms. The number of amides is 1. The number of aromatic nitrogens is 2. The Kier molecular flexibility index (Phi) is 8.83. The van der Waals surface area contributed by atoms with Gasteiger partial charge in [-0.1, -0.05) is 25.8 Å². The van der Waals surface area contributed by atoms with E-state index in [1.165, 1.54) is 0 Å². The van der Waals surface area contributed by atoms with Gasteiger partial charge >= 0.3 is 0 Å². The molecule has 0 aliphatic carbocycles. The van der Waals surface area contributed by atoms with Crippen molar-refractivity contribution in [3.8, 4) is 12.3 Å². The smallest absolute Gasteiger partial charge is 0.258 e. The van der Waals surface area contributed by atoms with Gasteiger partial charge in [-0.15, -0.1) is 6.42 Å². The number of fused-ring (bicyclic) bond motifs is 1. The maximum Gasteiger partial charge on any atom is 0.258 e. The number of rotatable bonds is 11. The zero-order chi connectivity index (χ0) is 24.5. The molecule has 0 fully saturated rings. The largest absolute Gasteiger partial charge is 0.356 e. The van der Waals surface area contributed by atoms with E-state index in [4.69, 9.17) is 6.42 Å². The maximum atomic E-state index is 12.5. The van der Waals surface area contributed by atoms with Gasteiger partial charge in [0, 0.05) is 24.3 Å². The third kappa shape index (κ3) is 6.46. The molecule has 1 heterocycles. The summed E-state index contributed by atoms with van der Waals surface area (Å²) in [7, 11) is 0. The van der Waals surface area contributed by atoms with Crippen molar-refractivity contribution >= 4 is 22.5 Å². The van der Waals surface area contributed by atoms with Crippen LogP contribution in [0.1, 0.15) is 42.0 Å². The molecule has 0 saturated carbocycles. The Labute approximate surface area is 201 Å². The molecule has 0 unspecified atom stereocenters. The van der Waals surface area contributed by atoms with Crippen molar-refractivity contribution in [2.75, 3.05) is 37.6 Å². The average molecular weight is 460 g/mol. The number of H-pyrrole nitrogens is 1. The van der Waals surface area contributed by atoms with Crippen LogP contribution in [0.2, 0.25) is 0 Å². The Morgan fingerprint density at radius 2 is 1.88 bits per heavy atom. The van der Waals surface area contributed by atoms with Crippen molar-refractivity contribution in [1.29, 1.82) is 0 Å². The quantitative estimate of drug-likeness (QED) is 0.340. The standard InChI is InChI=1S/C27H33N5O2/c1-5-16-32(19-21-9-14-25-24(18-21)27(34)30-20(4)29-25)23-12-10-22(11-13-23)26(33)28-15-8-17-31(6-2)7-3/h1,9-14,18H,6-8,15-17,19H2,2-4H3,(H,28,33)(H,29,30,34). The third-order valence-corrected chi connectivity index (χ3v) is 5.87. The summed E-state index contributed by atoms with van der Waals surface area (Å²) in [4.78, 5) is 36.3. The number of anilines is 1. The van der Waals surface area contributed by atoms with Crippen molar-refractivity contribution in [1.82, 2.24) is 20.2 Å². The van der Waals surface area contributed by atoms with Crippen molar-refractivity contribution in [3.05, 3.63) is 69.8 Å². The van der Waals surface area contributed by atoms with Crippen LogP contribution in [0.5, 0.6) is 0 Å². The second-order valence-electron chi connectivity index (χ2n) is 8.25. The number of carbonyl (C=O) groups excluding carboxylic acids is 1. The first kappa shape index (κ1) is 25.0. The first-order valence-electron chi connectivity index (χ1n) is 11.7. The fourth-order valence-electron chi connectivity index (χ4n) is 3.94. The minimum absolute atomic E-state index is 0.0776. The first-order valence-corrected chi connectivity index (χ1v) is 11.7. The molecule has 0 bridgehead atoms. The van der Waals surface area contributed by atoms with E-state index >= 15 is 0 Å². The second kappa shape index (κ2) is 12.0. The molecule has 178 valence electrons. The summed E-state index contributed by atoms with van der Waals surface area (Å²) in [6.45, 7) is 10.6. The van der Waals surface area contributed by atoms with Gasteiger partial charge in [-0.2, -0.15) is 0 Å². The van der Waals surface area contributed by atoms with Crippen LogP contribution in [0.15, 0.2) is 47.3 Å². The number of aryl methyl sites for hydroxylation is 1. The first-order chi connectivity index (χ1) is 16.4. The van der Waals surface area contributed by atoms with E-state index in [-0.39, 0.29) is 11.5 Å². The van der Waals surface area contributed by atoms with Crippen LogP contribution in [0.4, 0.5) is 5.69 Å². The molecule has 34 heavy (non-hydrogen) atoms. The molecule has 3 aromatic rings. The molecular weight excluding hydrogens is 426 g/mol. The molecule has 2 N–H and O–H groups in total. The third-order valence-electron chi connectivity index (χ3n) is 5.87. The molecule has 0 aliphatic rings. The van der Waals surface area contributed by atoms with E-state index in [2.05, 4.69) is 40.0 Å². The SMILES string of the molecule is C#CCN(Cc1ccc2nc(C)[nH]c(=O)c2c1)c1ccc(C(=O)NCCCN(CC)CC)cc1. The minimum Gasteiger partial charge on any atom is -0.356 e. The molecule has 2 aromatic carbocycles. The van der Waals surface area contributed by atoms with E-state index in [0.29, 0.717) is 41.9 Å². The van der Waals surface area contributed by atoms with Gasteiger partial charge in [-0.3, -0.25) is 9.59 Å². The number of aromatic amines is 1. The molecule has 1 aromatic heterocycles. The Morgan fingerprint density at radius 3 is 2.56 bits per heavy atom. The predicted molar refractivity (Wildman–Crippen MR) is 138 cm³/mol. The van der Waals surface area contributed by atoms with Crippen LogP contribution in [-0.4, -0.2) is 53.5 Å². The normalized spacial score (nSPS) is 10.9. The van der Waals surface area contributed by atoms with Crippen molar-refractivity contribution in [2.24, 2.45) is 0 Å². The zero-order valence-corrected chi connectivity index (χ0v) is 20.2. The van der Waals surface area contributed by atoms with E-state index in [1.807, 2.05) is 47.4 Å². The molecule has 0 radical (unpaired) electrons. The lowest BCUT2D eigenvalue weighted by Crippen LogP contribution is -2.30. The van der Waals surface area contributed by atoms with Gasteiger partial charge in [0.1, 0.15) is 5.82 Å². The molecule has 0 saturated heterocycles. The highest BCUT2D eigenvalue weighted by atomic mass is 16.1. The van der Waals surface area contributed by atoms with Crippen LogP contribution >= 0.6 is 0 Å². The molecule has 7 nitrogen and oxygen atoms in total. The highest BCUT2D eigenvalue weighted by Gasteiger charge is 2.11. The van der Waals surface area contributed by atoms with Gasteiger partial charge < -0.3 is 20.1 Å². The fraction of sp³-hybridized carbons (Fsp3) is 0.370. The lowest BCUT2D eigenvalue weighted by molar-refractivity contribution is 0.0952. The number of hydrogen-bond donors (Lipinski definition) is 2. The molecule has 3 rings (SSSR count). The van der Waals surface area contributed by atoms with Crippen LogP contribution in [0, 0.1) is 19.3 Å². The summed E-state index contributed by atoms with van der Waals surface area (Å²) in [6.07, 6.45) is 6.54. The van der Waals surface area contributed by atoms with Gasteiger partial charge in [0.05, 0.1) is 17.4 Å². The summed E-state index contributed by atoms with van der Waals surface area (Å²) in [5.74, 6) is 3.21. The van der Waals surface area contributed by atoms with Gasteiger partial charge in [0.2, 0.25) is 0 Å². The number of benzene rings is 2. The van der Waals surface area contributed by atoms with Crippen molar-refractivity contribution in [3.63, 3.8) is 0 Å². The summed E-state index contributed by atoms with van der Waals surface area (Å²) >= 11 is 0. The second-order valence-corrected chi connectivity index (χ2v) is 8.25. The number of hydrogen-bond acceptors (Lipinski definition) is 5. The summed E-state index contributed by atoms with van der Waals surface area (Å²) in [5, 5.41) is 3.54. The van der Waals surface area contributed by atoms with E-state index in [9.17, 15) is 9.59 Å². The monoisotopic (exact) mass is 459 g/mol. The number of nitrogens with zero attached hydrogens (tertiary/aromatic N) is 3. The number of nitrogens with one attached hydrogen (secondary N) is 2. The zero-order valence-electron chi connectivity index (χ0n) is 20.2. The molecule has 0 atom stereocenters. The highest BCUT2D eigenvalue weighted by Crippen LogP contribution is 2.19. The van der Waals surface area contributed by atoms with E-state index < -0.39 is 0 Å². The molecular formula is C27H33N5O2. The fourth-order valence-corrected chi connectivity index (χ4v) is 3.94. The van der Waals surface area contributed by atoms with Gasteiger partial charge in [-0.05, 0) is 74.9 Å². The van der Waals surface area contributed by atoms with Crippen LogP contribution in [0.3, 0.4) is 0 Å². The minimum atomic E-state index is -0.152. The van der Waals surface area contributed by atoms with Crippen LogP contribution in [-0.2, 0) is 6.54 Å². The lowest BCUT2D eigenvalue weighted by atomic mass is 10.1. The lowest BCUT2D eigenvalue weighted by Gasteiger charge is -2.23. The summed E-state index contributed by atoms with van der Waals surface area (Å²) < 4.78 is 0. The summed E-state index contributed by atoms with van der Waals surface area (Å²) in [6, 6.07) is 13.1. The highest BCUT2D eigenvalue weighted by molar-refractivity contribution is 5.94. The van der Waals surface area contributed by atoms with Crippen molar-refractivity contribution in [2.45, 2.75) is 33.7 Å². The Hall–Kier alpha value is -3.63. The van der Waals surface area contributed by atoms with Crippen molar-refractivity contribution < 1.29 is 4.79 Å². The topological polar surface area (TPSA) is 81.3 Å².